The lowest BCUT2D eigenvalue weighted by Crippen LogP contribution is -2.66. The Kier molecular flexibility index (Phi) is 35.9. The molecule has 3 fully saturated rings. The van der Waals surface area contributed by atoms with Crippen molar-refractivity contribution in [1.82, 2.24) is 5.32 Å². The summed E-state index contributed by atoms with van der Waals surface area (Å²) < 4.78 is 34.2. The molecule has 3 saturated heterocycles. The summed E-state index contributed by atoms with van der Waals surface area (Å²) in [5, 5.41) is 120. The summed E-state index contributed by atoms with van der Waals surface area (Å²) in [6, 6.07) is -0.884. The normalized spacial score (nSPS) is 31.5. The maximum absolute atomic E-state index is 13.3. The van der Waals surface area contributed by atoms with Crippen LogP contribution in [0.1, 0.15) is 200 Å². The van der Waals surface area contributed by atoms with E-state index in [1.165, 1.54) is 109 Å². The summed E-state index contributed by atoms with van der Waals surface area (Å²) >= 11 is 0. The molecular weight excluding hydrogens is 963 g/mol. The molecule has 17 atom stereocenters. The number of hydrogen-bond acceptors (Lipinski definition) is 18. The molecule has 3 heterocycles. The second-order valence-corrected chi connectivity index (χ2v) is 21.1. The number of aliphatic hydroxyl groups excluding tert-OH is 11. The van der Waals surface area contributed by atoms with E-state index in [2.05, 4.69) is 31.3 Å². The number of aliphatic hydroxyl groups is 11. The highest BCUT2D eigenvalue weighted by molar-refractivity contribution is 5.76. The van der Waals surface area contributed by atoms with Crippen LogP contribution >= 0.6 is 0 Å². The first kappa shape index (κ1) is 66.8. The fourth-order valence-corrected chi connectivity index (χ4v) is 10.0. The highest BCUT2D eigenvalue weighted by atomic mass is 16.8. The molecule has 0 radical (unpaired) electrons. The molecule has 0 saturated carbocycles. The van der Waals surface area contributed by atoms with E-state index in [4.69, 9.17) is 28.4 Å². The highest BCUT2D eigenvalue weighted by Crippen LogP contribution is 2.33. The van der Waals surface area contributed by atoms with E-state index in [1.54, 1.807) is 0 Å². The molecule has 1 amide bonds. The average Bonchev–Trinajstić information content (AvgIpc) is 3.40. The van der Waals surface area contributed by atoms with Crippen LogP contribution in [-0.2, 0) is 33.2 Å². The molecule has 3 aliphatic heterocycles. The molecular formula is C55H103NO18. The Hall–Kier alpha value is -1.47. The summed E-state index contributed by atoms with van der Waals surface area (Å²) in [5.41, 5.74) is 0. The van der Waals surface area contributed by atoms with Gasteiger partial charge in [-0.2, -0.15) is 0 Å². The van der Waals surface area contributed by atoms with Crippen LogP contribution in [0.5, 0.6) is 0 Å². The first-order chi connectivity index (χ1) is 35.8. The molecule has 0 spiro atoms. The minimum Gasteiger partial charge on any atom is -0.394 e. The minimum atomic E-state index is -1.97. The largest absolute Gasteiger partial charge is 0.394 e. The Labute approximate surface area is 442 Å². The molecule has 436 valence electrons. The Morgan fingerprint density at radius 2 is 0.851 bits per heavy atom. The van der Waals surface area contributed by atoms with Gasteiger partial charge in [-0.05, 0) is 38.5 Å². The summed E-state index contributed by atoms with van der Waals surface area (Å²) in [6.45, 7) is 1.76. The number of nitrogens with one attached hydrogen (secondary N) is 1. The van der Waals surface area contributed by atoms with Crippen molar-refractivity contribution in [2.45, 2.75) is 304 Å². The van der Waals surface area contributed by atoms with Crippen LogP contribution in [0.2, 0.25) is 0 Å². The van der Waals surface area contributed by atoms with Crippen molar-refractivity contribution in [2.24, 2.45) is 0 Å². The zero-order valence-corrected chi connectivity index (χ0v) is 45.1. The van der Waals surface area contributed by atoms with Crippen molar-refractivity contribution in [3.8, 4) is 0 Å². The second kappa shape index (κ2) is 39.8. The SMILES string of the molecule is CCCCCCCCC/C=C\CCCCCCCCCC(=O)NC(COC1OC(CO)C(OC2OC(CO)C(OC3OC(CO)C(O)C(O)C3O)C(O)C2O)C(O)C1O)C(O)CCCCCCCCCCCCC. The van der Waals surface area contributed by atoms with E-state index in [9.17, 15) is 61.0 Å². The lowest BCUT2D eigenvalue weighted by Gasteiger charge is -2.48. The Morgan fingerprint density at radius 3 is 1.31 bits per heavy atom. The van der Waals surface area contributed by atoms with Gasteiger partial charge in [0.25, 0.3) is 0 Å². The van der Waals surface area contributed by atoms with E-state index in [1.807, 2.05) is 0 Å². The number of carbonyl (C=O) groups is 1. The van der Waals surface area contributed by atoms with E-state index in [-0.39, 0.29) is 18.9 Å². The molecule has 0 aromatic rings. The maximum atomic E-state index is 13.3. The summed E-state index contributed by atoms with van der Waals surface area (Å²) in [6.07, 6.45) is 10.2. The van der Waals surface area contributed by atoms with Gasteiger partial charge in [-0.25, -0.2) is 0 Å². The highest BCUT2D eigenvalue weighted by Gasteiger charge is 2.53. The van der Waals surface area contributed by atoms with Crippen LogP contribution in [0.25, 0.3) is 0 Å². The van der Waals surface area contributed by atoms with Gasteiger partial charge in [0.1, 0.15) is 73.2 Å². The fraction of sp³-hybridized carbons (Fsp3) is 0.945. The summed E-state index contributed by atoms with van der Waals surface area (Å²) in [5.74, 6) is -0.248. The van der Waals surface area contributed by atoms with Gasteiger partial charge >= 0.3 is 0 Å². The van der Waals surface area contributed by atoms with Crippen LogP contribution in [0.3, 0.4) is 0 Å². The van der Waals surface area contributed by atoms with Crippen molar-refractivity contribution in [1.29, 1.82) is 0 Å². The quantitative estimate of drug-likeness (QED) is 0.0301. The van der Waals surface area contributed by atoms with Crippen molar-refractivity contribution in [3.05, 3.63) is 12.2 Å². The molecule has 74 heavy (non-hydrogen) atoms. The van der Waals surface area contributed by atoms with Crippen LogP contribution in [0.15, 0.2) is 12.2 Å². The van der Waals surface area contributed by atoms with Crippen LogP contribution in [-0.4, -0.2) is 193 Å². The number of allylic oxidation sites excluding steroid dienone is 2. The third-order valence-corrected chi connectivity index (χ3v) is 14.8. The topological polar surface area (TPSA) is 307 Å². The van der Waals surface area contributed by atoms with Gasteiger partial charge in [0.15, 0.2) is 18.9 Å². The summed E-state index contributed by atoms with van der Waals surface area (Å²) in [4.78, 5) is 13.3. The van der Waals surface area contributed by atoms with Gasteiger partial charge < -0.3 is 89.9 Å². The van der Waals surface area contributed by atoms with Gasteiger partial charge in [-0.1, -0.05) is 167 Å². The average molecular weight is 1070 g/mol. The van der Waals surface area contributed by atoms with Gasteiger partial charge in [-0.15, -0.1) is 0 Å². The summed E-state index contributed by atoms with van der Waals surface area (Å²) in [7, 11) is 0. The van der Waals surface area contributed by atoms with Crippen LogP contribution in [0, 0.1) is 0 Å². The zero-order chi connectivity index (χ0) is 54.1. The fourth-order valence-electron chi connectivity index (χ4n) is 10.0. The molecule has 0 aromatic carbocycles. The lowest BCUT2D eigenvalue weighted by molar-refractivity contribution is -0.379. The van der Waals surface area contributed by atoms with Crippen molar-refractivity contribution < 1.29 is 89.4 Å². The zero-order valence-electron chi connectivity index (χ0n) is 45.1. The minimum absolute atomic E-state index is 0.248. The lowest BCUT2D eigenvalue weighted by atomic mass is 9.96. The maximum Gasteiger partial charge on any atom is 0.220 e. The van der Waals surface area contributed by atoms with Crippen molar-refractivity contribution in [2.75, 3.05) is 26.4 Å². The predicted octanol–water partition coefficient (Wildman–Crippen LogP) is 4.21. The number of rotatable bonds is 42. The Balaban J connectivity index is 1.50. The van der Waals surface area contributed by atoms with Gasteiger partial charge in [0, 0.05) is 6.42 Å². The molecule has 12 N–H and O–H groups in total. The van der Waals surface area contributed by atoms with Crippen LogP contribution < -0.4 is 5.32 Å². The molecule has 19 heteroatoms. The number of unbranched alkanes of at least 4 members (excludes halogenated alkanes) is 24. The Bertz CT molecular complexity index is 1410. The third kappa shape index (κ3) is 24.3. The van der Waals surface area contributed by atoms with E-state index in [0.29, 0.717) is 12.8 Å². The number of ether oxygens (including phenoxy) is 6. The van der Waals surface area contributed by atoms with E-state index >= 15 is 0 Å². The van der Waals surface area contributed by atoms with E-state index < -0.39 is 124 Å². The molecule has 3 aliphatic rings. The molecule has 0 aromatic heterocycles. The number of amides is 1. The van der Waals surface area contributed by atoms with E-state index in [0.717, 1.165) is 57.8 Å². The van der Waals surface area contributed by atoms with Gasteiger partial charge in [0.2, 0.25) is 5.91 Å². The molecule has 19 nitrogen and oxygen atoms in total. The standard InChI is InChI=1S/C55H103NO18/c1-3-5-7-9-11-13-15-16-17-18-19-20-21-23-25-27-29-31-33-43(61)56-38(39(60)32-30-28-26-24-22-14-12-10-8-6-4-2)37-69-53-49(67)46(64)51(41(35-58)71-53)74-55-50(68)47(65)52(42(36-59)72-55)73-54-48(66)45(63)44(62)40(34-57)70-54/h17-18,38-42,44-55,57-60,62-68H,3-16,19-37H2,1-2H3,(H,56,61)/b18-17-. The number of carbonyl (C=O) groups excluding carboxylic acids is 1. The van der Waals surface area contributed by atoms with Crippen molar-refractivity contribution in [3.63, 3.8) is 0 Å². The molecule has 0 aliphatic carbocycles. The smallest absolute Gasteiger partial charge is 0.220 e. The van der Waals surface area contributed by atoms with Crippen molar-refractivity contribution >= 4 is 5.91 Å². The van der Waals surface area contributed by atoms with Gasteiger partial charge in [0.05, 0.1) is 38.6 Å². The first-order valence-electron chi connectivity index (χ1n) is 28.9. The second-order valence-electron chi connectivity index (χ2n) is 21.1. The first-order valence-corrected chi connectivity index (χ1v) is 28.9. The van der Waals surface area contributed by atoms with Crippen LogP contribution in [0.4, 0.5) is 0 Å². The number of hydrogen-bond donors (Lipinski definition) is 12. The monoisotopic (exact) mass is 1070 g/mol. The molecule has 3 rings (SSSR count). The van der Waals surface area contributed by atoms with Gasteiger partial charge in [-0.3, -0.25) is 4.79 Å². The Morgan fingerprint density at radius 1 is 0.473 bits per heavy atom. The molecule has 17 unspecified atom stereocenters. The predicted molar refractivity (Wildman–Crippen MR) is 277 cm³/mol. The molecule has 0 bridgehead atoms. The third-order valence-electron chi connectivity index (χ3n) is 14.8.